The summed E-state index contributed by atoms with van der Waals surface area (Å²) < 4.78 is 10.9. The van der Waals surface area contributed by atoms with Gasteiger partial charge in [0.1, 0.15) is 23.7 Å². The molecule has 0 bridgehead atoms. The van der Waals surface area contributed by atoms with Gasteiger partial charge in [0.05, 0.1) is 17.4 Å². The van der Waals surface area contributed by atoms with Gasteiger partial charge in [0.25, 0.3) is 5.69 Å². The third kappa shape index (κ3) is 6.75. The lowest BCUT2D eigenvalue weighted by atomic mass is 9.64. The zero-order valence-corrected chi connectivity index (χ0v) is 26.0. The first-order valence-electron chi connectivity index (χ1n) is 15.8. The van der Waals surface area contributed by atoms with Crippen LogP contribution >= 0.6 is 0 Å². The molecular formula is C34H44N4O7. The van der Waals surface area contributed by atoms with Gasteiger partial charge in [-0.05, 0) is 61.1 Å². The van der Waals surface area contributed by atoms with Crippen LogP contribution in [0.2, 0.25) is 0 Å². The van der Waals surface area contributed by atoms with E-state index < -0.39 is 22.0 Å². The Bertz CT molecular complexity index is 1350. The second-order valence-electron chi connectivity index (χ2n) is 12.5. The first kappa shape index (κ1) is 32.6. The fraction of sp³-hybridized carbons (Fsp3) is 0.529. The molecule has 3 fully saturated rings. The van der Waals surface area contributed by atoms with Crippen molar-refractivity contribution in [2.24, 2.45) is 11.3 Å². The lowest BCUT2D eigenvalue weighted by molar-refractivity contribution is -0.384. The number of amides is 1. The van der Waals surface area contributed by atoms with Crippen LogP contribution in [0.15, 0.2) is 61.2 Å². The Labute approximate surface area is 264 Å². The molecule has 2 heterocycles. The quantitative estimate of drug-likeness (QED) is 0.201. The molecule has 0 unspecified atom stereocenters. The SMILES string of the molecule is C=CCN(C(=O)OCc1ccc([N+](=O)[O-])cc1)C1CCN(C[C@@]2(C(=O)C3CCCC3)CNC[C@@]2(O)c2ccc(OC)cc2)CC1. The molecule has 0 spiro atoms. The van der Waals surface area contributed by atoms with Crippen LogP contribution in [0.5, 0.6) is 5.75 Å². The predicted octanol–water partition coefficient (Wildman–Crippen LogP) is 4.43. The van der Waals surface area contributed by atoms with Crippen molar-refractivity contribution in [2.75, 3.05) is 46.4 Å². The average molecular weight is 621 g/mol. The molecule has 11 heteroatoms. The number of rotatable bonds is 12. The maximum atomic E-state index is 14.4. The topological polar surface area (TPSA) is 134 Å². The smallest absolute Gasteiger partial charge is 0.410 e. The Morgan fingerprint density at radius 2 is 1.76 bits per heavy atom. The zero-order valence-electron chi connectivity index (χ0n) is 26.0. The van der Waals surface area contributed by atoms with Crippen molar-refractivity contribution in [3.63, 3.8) is 0 Å². The maximum Gasteiger partial charge on any atom is 0.410 e. The fourth-order valence-electron chi connectivity index (χ4n) is 7.38. The lowest BCUT2D eigenvalue weighted by Crippen LogP contribution is -2.59. The molecule has 5 rings (SSSR count). The molecule has 1 aliphatic carbocycles. The zero-order chi connectivity index (χ0) is 32.0. The summed E-state index contributed by atoms with van der Waals surface area (Å²) in [6.45, 7) is 6.60. The monoisotopic (exact) mass is 620 g/mol. The van der Waals surface area contributed by atoms with E-state index in [1.165, 1.54) is 12.1 Å². The van der Waals surface area contributed by atoms with E-state index in [-0.39, 0.29) is 30.0 Å². The number of nitrogens with one attached hydrogen (secondary N) is 1. The Hall–Kier alpha value is -3.80. The molecule has 1 amide bonds. The minimum absolute atomic E-state index is 0.00601. The average Bonchev–Trinajstić information content (AvgIpc) is 3.72. The second kappa shape index (κ2) is 14.1. The summed E-state index contributed by atoms with van der Waals surface area (Å²) in [6.07, 6.45) is 6.37. The fourth-order valence-corrected chi connectivity index (χ4v) is 7.38. The van der Waals surface area contributed by atoms with Gasteiger partial charge in [-0.2, -0.15) is 0 Å². The molecule has 1 saturated carbocycles. The largest absolute Gasteiger partial charge is 0.497 e. The molecule has 2 N–H and O–H groups in total. The van der Waals surface area contributed by atoms with E-state index in [9.17, 15) is 24.8 Å². The number of benzene rings is 2. The predicted molar refractivity (Wildman–Crippen MR) is 169 cm³/mol. The molecule has 3 aliphatic rings. The summed E-state index contributed by atoms with van der Waals surface area (Å²) >= 11 is 0. The summed E-state index contributed by atoms with van der Waals surface area (Å²) in [7, 11) is 1.60. The minimum Gasteiger partial charge on any atom is -0.497 e. The summed E-state index contributed by atoms with van der Waals surface area (Å²) in [5, 5.41) is 26.7. The number of aliphatic hydroxyl groups is 1. The summed E-state index contributed by atoms with van der Waals surface area (Å²) in [4.78, 5) is 41.9. The third-order valence-electron chi connectivity index (χ3n) is 9.93. The van der Waals surface area contributed by atoms with Gasteiger partial charge in [-0.25, -0.2) is 4.79 Å². The van der Waals surface area contributed by atoms with E-state index in [4.69, 9.17) is 9.47 Å². The van der Waals surface area contributed by atoms with Crippen LogP contribution in [0.3, 0.4) is 0 Å². The van der Waals surface area contributed by atoms with Crippen molar-refractivity contribution < 1.29 is 29.1 Å². The van der Waals surface area contributed by atoms with Crippen molar-refractivity contribution in [1.29, 1.82) is 0 Å². The number of nitrogens with zero attached hydrogens (tertiary/aromatic N) is 3. The van der Waals surface area contributed by atoms with E-state index in [0.29, 0.717) is 69.0 Å². The number of piperidine rings is 1. The number of non-ortho nitro benzene ring substituents is 1. The highest BCUT2D eigenvalue weighted by Crippen LogP contribution is 2.48. The van der Waals surface area contributed by atoms with Gasteiger partial charge >= 0.3 is 6.09 Å². The van der Waals surface area contributed by atoms with Crippen LogP contribution in [0.1, 0.15) is 49.7 Å². The highest BCUT2D eigenvalue weighted by molar-refractivity contribution is 5.90. The number of nitro benzene ring substituents is 1. The van der Waals surface area contributed by atoms with Crippen LogP contribution in [-0.2, 0) is 21.7 Å². The molecule has 0 radical (unpaired) electrons. The van der Waals surface area contributed by atoms with Crippen molar-refractivity contribution in [3.05, 3.63) is 82.4 Å². The normalized spacial score (nSPS) is 24.3. The number of hydrogen-bond acceptors (Lipinski definition) is 9. The molecule has 0 aromatic heterocycles. The maximum absolute atomic E-state index is 14.4. The Morgan fingerprint density at radius 3 is 2.36 bits per heavy atom. The highest BCUT2D eigenvalue weighted by Gasteiger charge is 2.61. The Balaban J connectivity index is 1.28. The summed E-state index contributed by atoms with van der Waals surface area (Å²) in [5.74, 6) is 0.785. The molecule has 242 valence electrons. The lowest BCUT2D eigenvalue weighted by Gasteiger charge is -2.46. The number of hydrogen-bond donors (Lipinski definition) is 2. The van der Waals surface area contributed by atoms with Gasteiger partial charge in [-0.3, -0.25) is 14.9 Å². The molecule has 11 nitrogen and oxygen atoms in total. The molecule has 2 atom stereocenters. The number of ketones is 1. The number of likely N-dealkylation sites (tertiary alicyclic amines) is 1. The first-order valence-corrected chi connectivity index (χ1v) is 15.8. The molecule has 45 heavy (non-hydrogen) atoms. The van der Waals surface area contributed by atoms with Gasteiger partial charge < -0.3 is 29.7 Å². The Kier molecular flexibility index (Phi) is 10.2. The van der Waals surface area contributed by atoms with Crippen LogP contribution in [0.4, 0.5) is 10.5 Å². The van der Waals surface area contributed by atoms with Crippen molar-refractivity contribution >= 4 is 17.6 Å². The second-order valence-corrected chi connectivity index (χ2v) is 12.5. The van der Waals surface area contributed by atoms with Crippen molar-refractivity contribution in [1.82, 2.24) is 15.1 Å². The number of carbonyl (C=O) groups is 2. The van der Waals surface area contributed by atoms with Crippen molar-refractivity contribution in [3.8, 4) is 5.75 Å². The molecule has 2 aromatic carbocycles. The Morgan fingerprint density at radius 1 is 1.09 bits per heavy atom. The van der Waals surface area contributed by atoms with Crippen molar-refractivity contribution in [2.45, 2.75) is 56.8 Å². The molecule has 2 saturated heterocycles. The van der Waals surface area contributed by atoms with E-state index in [1.54, 1.807) is 30.2 Å². The van der Waals surface area contributed by atoms with E-state index >= 15 is 0 Å². The van der Waals surface area contributed by atoms with Crippen LogP contribution in [0.25, 0.3) is 0 Å². The third-order valence-corrected chi connectivity index (χ3v) is 9.93. The number of carbonyl (C=O) groups excluding carboxylic acids is 2. The highest BCUT2D eigenvalue weighted by atomic mass is 16.6. The van der Waals surface area contributed by atoms with Crippen LogP contribution in [0, 0.1) is 21.4 Å². The van der Waals surface area contributed by atoms with Crippen LogP contribution in [-0.4, -0.2) is 84.1 Å². The van der Waals surface area contributed by atoms with Gasteiger partial charge in [0, 0.05) is 63.4 Å². The number of nitro groups is 1. The van der Waals surface area contributed by atoms with Gasteiger partial charge in [0.2, 0.25) is 0 Å². The van der Waals surface area contributed by atoms with Gasteiger partial charge in [0.15, 0.2) is 0 Å². The van der Waals surface area contributed by atoms with E-state index in [1.807, 2.05) is 24.3 Å². The summed E-state index contributed by atoms with van der Waals surface area (Å²) in [6, 6.07) is 13.3. The number of ether oxygens (including phenoxy) is 2. The summed E-state index contributed by atoms with van der Waals surface area (Å²) in [5.41, 5.74) is -1.02. The molecular weight excluding hydrogens is 576 g/mol. The first-order chi connectivity index (χ1) is 21.7. The number of methoxy groups -OCH3 is 1. The van der Waals surface area contributed by atoms with E-state index in [0.717, 1.165) is 25.7 Å². The number of β-amino-alcohol motifs (C(OH)–C–C–N with tert-alkyl or cyclic N) is 1. The van der Waals surface area contributed by atoms with E-state index in [2.05, 4.69) is 16.8 Å². The minimum atomic E-state index is -1.37. The van der Waals surface area contributed by atoms with Gasteiger partial charge in [-0.1, -0.05) is 31.1 Å². The standard InChI is InChI=1S/C34H44N4O7/c1-3-18-37(32(40)45-21-25-8-12-29(13-9-25)38(42)43)28-16-19-36(20-17-28)24-33(31(39)26-6-4-5-7-26)22-35-23-34(33,41)27-10-14-30(44-2)15-11-27/h3,8-15,26,28,35,41H,1,4-7,16-24H2,2H3/t33-,34-/m1/s1. The number of Topliss-reactive ketones (excluding diaryl/α,β-unsaturated/α-hetero) is 1. The van der Waals surface area contributed by atoms with Gasteiger partial charge in [-0.15, -0.1) is 6.58 Å². The molecule has 2 aromatic rings. The van der Waals surface area contributed by atoms with Crippen LogP contribution < -0.4 is 10.1 Å². The molecule has 2 aliphatic heterocycles.